The van der Waals surface area contributed by atoms with Crippen LogP contribution in [0.4, 0.5) is 11.6 Å². The van der Waals surface area contributed by atoms with Crippen molar-refractivity contribution in [3.05, 3.63) is 71.6 Å². The summed E-state index contributed by atoms with van der Waals surface area (Å²) in [5, 5.41) is 3.49. The van der Waals surface area contributed by atoms with Crippen LogP contribution in [0.25, 0.3) is 33.3 Å². The first-order chi connectivity index (χ1) is 19.3. The Hall–Kier alpha value is -4.38. The monoisotopic (exact) mass is 596 g/mol. The van der Waals surface area contributed by atoms with Crippen molar-refractivity contribution < 1.29 is 9.59 Å². The summed E-state index contributed by atoms with van der Waals surface area (Å²) in [4.78, 5) is 47.0. The van der Waals surface area contributed by atoms with Crippen molar-refractivity contribution in [2.75, 3.05) is 11.1 Å². The third kappa shape index (κ3) is 4.00. The number of hydrogen-bond acceptors (Lipinski definition) is 7. The van der Waals surface area contributed by atoms with Gasteiger partial charge in [0, 0.05) is 11.6 Å². The molecule has 11 heteroatoms. The van der Waals surface area contributed by atoms with E-state index in [1.165, 1.54) is 6.33 Å². The Kier molecular flexibility index (Phi) is 5.60. The number of fused-ring (bicyclic) bond motifs is 4. The zero-order chi connectivity index (χ0) is 27.6. The van der Waals surface area contributed by atoms with Crippen LogP contribution >= 0.6 is 15.9 Å². The van der Waals surface area contributed by atoms with Gasteiger partial charge >= 0.3 is 0 Å². The van der Waals surface area contributed by atoms with Crippen molar-refractivity contribution in [1.29, 1.82) is 0 Å². The number of nitrogens with two attached hydrogens (primary N) is 1. The number of carbonyl (C=O) groups excluding carboxylic acids is 2. The molecule has 1 saturated carbocycles. The molecule has 5 aromatic rings. The first-order valence-electron chi connectivity index (χ1n) is 13.0. The van der Waals surface area contributed by atoms with Gasteiger partial charge in [-0.3, -0.25) is 9.59 Å². The van der Waals surface area contributed by atoms with Crippen LogP contribution < -0.4 is 11.1 Å². The van der Waals surface area contributed by atoms with Gasteiger partial charge in [-0.2, -0.15) is 0 Å². The van der Waals surface area contributed by atoms with Gasteiger partial charge in [0.1, 0.15) is 46.3 Å². The SMILES string of the molecule is C[C@@]12C[C@@H](C(=O)Nc3cccc(Br)n3)N(C(=O)Cn3c4ccc(-c5ccccc5)nc4c4c(N)ncnc43)[C@@H]1C2. The fourth-order valence-corrected chi connectivity index (χ4v) is 6.33. The second-order valence-electron chi connectivity index (χ2n) is 10.7. The first-order valence-corrected chi connectivity index (χ1v) is 13.8. The minimum absolute atomic E-state index is 0.00564. The summed E-state index contributed by atoms with van der Waals surface area (Å²) >= 11 is 3.34. The van der Waals surface area contributed by atoms with E-state index in [9.17, 15) is 9.59 Å². The highest BCUT2D eigenvalue weighted by Gasteiger charge is 2.64. The van der Waals surface area contributed by atoms with Crippen LogP contribution in [-0.2, 0) is 16.1 Å². The third-order valence-corrected chi connectivity index (χ3v) is 8.51. The maximum atomic E-state index is 14.0. The molecule has 40 heavy (non-hydrogen) atoms. The molecular weight excluding hydrogens is 572 g/mol. The number of amides is 2. The molecule has 1 saturated heterocycles. The van der Waals surface area contributed by atoms with Crippen molar-refractivity contribution in [3.63, 3.8) is 0 Å². The summed E-state index contributed by atoms with van der Waals surface area (Å²) in [5.74, 6) is 0.341. The second kappa shape index (κ2) is 9.09. The Morgan fingerprint density at radius 2 is 1.88 bits per heavy atom. The average molecular weight is 597 g/mol. The van der Waals surface area contributed by atoms with Crippen molar-refractivity contribution in [3.8, 4) is 11.3 Å². The first kappa shape index (κ1) is 24.6. The molecule has 5 heterocycles. The van der Waals surface area contributed by atoms with E-state index in [-0.39, 0.29) is 29.8 Å². The molecule has 3 N–H and O–H groups in total. The van der Waals surface area contributed by atoms with Gasteiger partial charge in [-0.1, -0.05) is 43.3 Å². The highest BCUT2D eigenvalue weighted by atomic mass is 79.9. The number of aromatic nitrogens is 5. The minimum atomic E-state index is -0.590. The van der Waals surface area contributed by atoms with Crippen LogP contribution in [-0.4, -0.2) is 53.3 Å². The van der Waals surface area contributed by atoms with Gasteiger partial charge in [0.05, 0.1) is 16.6 Å². The quantitative estimate of drug-likeness (QED) is 0.287. The zero-order valence-electron chi connectivity index (χ0n) is 21.6. The molecule has 2 fully saturated rings. The van der Waals surface area contributed by atoms with E-state index in [0.29, 0.717) is 39.2 Å². The van der Waals surface area contributed by atoms with E-state index in [1.807, 2.05) is 47.0 Å². The van der Waals surface area contributed by atoms with Crippen molar-refractivity contribution in [1.82, 2.24) is 29.4 Å². The number of hydrogen-bond donors (Lipinski definition) is 2. The number of anilines is 2. The second-order valence-corrected chi connectivity index (χ2v) is 11.5. The van der Waals surface area contributed by atoms with Gasteiger partial charge in [0.15, 0.2) is 0 Å². The molecule has 4 aromatic heterocycles. The summed E-state index contributed by atoms with van der Waals surface area (Å²) in [6, 6.07) is 18.5. The Labute approximate surface area is 237 Å². The molecule has 0 radical (unpaired) electrons. The van der Waals surface area contributed by atoms with E-state index in [0.717, 1.165) is 23.2 Å². The Morgan fingerprint density at radius 1 is 1.05 bits per heavy atom. The summed E-state index contributed by atoms with van der Waals surface area (Å²) in [6.45, 7) is 2.13. The minimum Gasteiger partial charge on any atom is -0.383 e. The lowest BCUT2D eigenvalue weighted by Gasteiger charge is -2.27. The lowest BCUT2D eigenvalue weighted by atomic mass is 10.0. The van der Waals surface area contributed by atoms with Gasteiger partial charge in [-0.05, 0) is 58.5 Å². The number of halogens is 1. The molecule has 0 bridgehead atoms. The molecule has 1 aliphatic carbocycles. The van der Waals surface area contributed by atoms with E-state index in [1.54, 1.807) is 23.1 Å². The van der Waals surface area contributed by atoms with Gasteiger partial charge in [-0.15, -0.1) is 0 Å². The topological polar surface area (TPSA) is 132 Å². The summed E-state index contributed by atoms with van der Waals surface area (Å²) in [5.41, 5.74) is 9.89. The van der Waals surface area contributed by atoms with Crippen LogP contribution in [0.15, 0.2) is 71.6 Å². The number of nitrogens with one attached hydrogen (secondary N) is 1. The molecule has 0 unspecified atom stereocenters. The Bertz CT molecular complexity index is 1820. The molecule has 1 aliphatic heterocycles. The largest absolute Gasteiger partial charge is 0.383 e. The standard InChI is InChI=1S/C29H25BrN8O2/c1-29-12-19(28(40)36-22-9-5-8-21(30)35-22)38(20(29)13-29)23(39)14-37-18-11-10-17(16-6-3-2-4-7-16)34-25(18)24-26(31)32-15-33-27(24)37/h2-11,15,19-20H,12-14H2,1H3,(H2,31,32,33)(H,35,36,40)/t19-,20+,29-/m0/s1. The Morgan fingerprint density at radius 3 is 2.67 bits per heavy atom. The molecule has 3 atom stereocenters. The summed E-state index contributed by atoms with van der Waals surface area (Å²) in [7, 11) is 0. The molecule has 200 valence electrons. The van der Waals surface area contributed by atoms with Gasteiger partial charge < -0.3 is 20.5 Å². The van der Waals surface area contributed by atoms with E-state index >= 15 is 0 Å². The molecular formula is C29H25BrN8O2. The number of nitrogens with zero attached hydrogens (tertiary/aromatic N) is 6. The predicted octanol–water partition coefficient (Wildman–Crippen LogP) is 4.40. The Balaban J connectivity index is 1.24. The fourth-order valence-electron chi connectivity index (χ4n) is 5.98. The molecule has 1 aromatic carbocycles. The predicted molar refractivity (Wildman–Crippen MR) is 155 cm³/mol. The molecule has 2 amide bonds. The maximum absolute atomic E-state index is 14.0. The smallest absolute Gasteiger partial charge is 0.248 e. The van der Waals surface area contributed by atoms with Crippen molar-refractivity contribution >= 4 is 61.4 Å². The normalized spacial score (nSPS) is 21.5. The van der Waals surface area contributed by atoms with E-state index in [4.69, 9.17) is 10.7 Å². The molecule has 0 spiro atoms. The van der Waals surface area contributed by atoms with E-state index in [2.05, 4.69) is 43.1 Å². The zero-order valence-corrected chi connectivity index (χ0v) is 23.2. The van der Waals surface area contributed by atoms with Crippen molar-refractivity contribution in [2.45, 2.75) is 38.4 Å². The summed E-state index contributed by atoms with van der Waals surface area (Å²) < 4.78 is 2.45. The highest BCUT2D eigenvalue weighted by molar-refractivity contribution is 9.10. The van der Waals surface area contributed by atoms with E-state index < -0.39 is 6.04 Å². The van der Waals surface area contributed by atoms with Gasteiger partial charge in [-0.25, -0.2) is 19.9 Å². The molecule has 7 rings (SSSR count). The van der Waals surface area contributed by atoms with Gasteiger partial charge in [0.2, 0.25) is 11.8 Å². The number of piperidine rings is 1. The fraction of sp³-hybridized carbons (Fsp3) is 0.241. The van der Waals surface area contributed by atoms with Crippen LogP contribution in [0.3, 0.4) is 0 Å². The van der Waals surface area contributed by atoms with Crippen LogP contribution in [0.5, 0.6) is 0 Å². The number of pyridine rings is 2. The van der Waals surface area contributed by atoms with Crippen LogP contribution in [0, 0.1) is 5.41 Å². The summed E-state index contributed by atoms with van der Waals surface area (Å²) in [6.07, 6.45) is 2.88. The van der Waals surface area contributed by atoms with Crippen LogP contribution in [0.2, 0.25) is 0 Å². The van der Waals surface area contributed by atoms with Crippen molar-refractivity contribution in [2.24, 2.45) is 5.41 Å². The molecule has 10 nitrogen and oxygen atoms in total. The number of benzene rings is 1. The molecule has 2 aliphatic rings. The number of rotatable bonds is 5. The third-order valence-electron chi connectivity index (χ3n) is 8.07. The van der Waals surface area contributed by atoms with Gasteiger partial charge in [0.25, 0.3) is 0 Å². The average Bonchev–Trinajstić information content (AvgIpc) is 3.35. The highest BCUT2D eigenvalue weighted by Crippen LogP contribution is 2.59. The number of nitrogen functional groups attached to an aromatic ring is 1. The van der Waals surface area contributed by atoms with Crippen LogP contribution in [0.1, 0.15) is 19.8 Å². The maximum Gasteiger partial charge on any atom is 0.248 e. The number of likely N-dealkylation sites (tertiary alicyclic amines) is 1. The number of carbonyl (C=O) groups is 2. The lowest BCUT2D eigenvalue weighted by molar-refractivity contribution is -0.138. The lowest BCUT2D eigenvalue weighted by Crippen LogP contribution is -2.46.